The first-order valence-corrected chi connectivity index (χ1v) is 11.5. The highest BCUT2D eigenvalue weighted by Gasteiger charge is 2.31. The van der Waals surface area contributed by atoms with Crippen LogP contribution in [0.25, 0.3) is 0 Å². The van der Waals surface area contributed by atoms with Crippen molar-refractivity contribution < 1.29 is 29.0 Å². The molecule has 4 N–H and O–H groups in total. The third-order valence-electron chi connectivity index (χ3n) is 5.32. The van der Waals surface area contributed by atoms with E-state index in [2.05, 4.69) is 36.7 Å². The second kappa shape index (κ2) is 13.7. The summed E-state index contributed by atoms with van der Waals surface area (Å²) in [5.41, 5.74) is 0.742. The number of methoxy groups -OCH3 is 1. The molecule has 0 aliphatic rings. The van der Waals surface area contributed by atoms with Crippen LogP contribution in [-0.2, 0) is 23.9 Å². The van der Waals surface area contributed by atoms with Crippen molar-refractivity contribution in [3.63, 3.8) is 0 Å². The molecule has 0 heterocycles. The second-order valence-corrected chi connectivity index (χ2v) is 9.90. The Balaban J connectivity index is 2.97. The number of hydrogen-bond donors (Lipinski definition) is 4. The van der Waals surface area contributed by atoms with Crippen molar-refractivity contribution in [1.29, 1.82) is 0 Å². The lowest BCUT2D eigenvalue weighted by molar-refractivity contribution is -0.141. The summed E-state index contributed by atoms with van der Waals surface area (Å²) in [5, 5.41) is 17.8. The molecule has 1 aromatic carbocycles. The Morgan fingerprint density at radius 3 is 2.09 bits per heavy atom. The van der Waals surface area contributed by atoms with Gasteiger partial charge < -0.3 is 25.8 Å². The first-order valence-electron chi connectivity index (χ1n) is 11.5. The highest BCUT2D eigenvalue weighted by molar-refractivity contribution is 5.92. The summed E-state index contributed by atoms with van der Waals surface area (Å²) in [5.74, 6) is -2.90. The van der Waals surface area contributed by atoms with Gasteiger partial charge in [-0.3, -0.25) is 19.2 Å². The lowest BCUT2D eigenvalue weighted by Gasteiger charge is -2.27. The van der Waals surface area contributed by atoms with Crippen LogP contribution >= 0.6 is 0 Å². The molecule has 0 saturated heterocycles. The highest BCUT2D eigenvalue weighted by Crippen LogP contribution is 2.19. The minimum absolute atomic E-state index is 0.0176. The molecule has 0 fully saturated rings. The first-order chi connectivity index (χ1) is 15.8. The highest BCUT2D eigenvalue weighted by atomic mass is 16.5. The molecule has 1 aromatic rings. The Hall–Kier alpha value is -2.94. The predicted molar refractivity (Wildman–Crippen MR) is 129 cm³/mol. The Morgan fingerprint density at radius 1 is 0.971 bits per heavy atom. The monoisotopic (exact) mass is 477 g/mol. The smallest absolute Gasteiger partial charge is 0.307 e. The fourth-order valence-electron chi connectivity index (χ4n) is 3.29. The number of carboxylic acids is 1. The van der Waals surface area contributed by atoms with E-state index < -0.39 is 48.3 Å². The van der Waals surface area contributed by atoms with E-state index in [1.165, 1.54) is 7.11 Å². The molecule has 9 heteroatoms. The van der Waals surface area contributed by atoms with Crippen LogP contribution in [0.2, 0.25) is 0 Å². The molecule has 0 aliphatic carbocycles. The maximum absolute atomic E-state index is 13.1. The molecule has 34 heavy (non-hydrogen) atoms. The zero-order valence-corrected chi connectivity index (χ0v) is 21.0. The van der Waals surface area contributed by atoms with Crippen molar-refractivity contribution in [2.75, 3.05) is 13.7 Å². The maximum atomic E-state index is 13.1. The minimum atomic E-state index is -1.11. The van der Waals surface area contributed by atoms with Gasteiger partial charge in [0.15, 0.2) is 0 Å². The molecule has 1 rings (SSSR count). The van der Waals surface area contributed by atoms with Gasteiger partial charge in [0, 0.05) is 0 Å². The standard InChI is InChI=1S/C25H39N3O6/c1-16(2)22(28-23(32)19(14-20(29)30)26-13-12-25(3,4)5)24(33)27-18(15-21(31)34-6)17-10-8-7-9-11-17/h7-11,16,18-19,22,26H,12-15H2,1-6H3,(H,27,33)(H,28,32)(H,29,30)/t18?,19-,22+/m0/s1. The third-order valence-corrected chi connectivity index (χ3v) is 5.32. The molecular formula is C25H39N3O6. The van der Waals surface area contributed by atoms with E-state index in [-0.39, 0.29) is 17.8 Å². The van der Waals surface area contributed by atoms with Crippen LogP contribution in [0.4, 0.5) is 0 Å². The van der Waals surface area contributed by atoms with Gasteiger partial charge in [-0.2, -0.15) is 0 Å². The van der Waals surface area contributed by atoms with E-state index in [1.807, 2.05) is 6.07 Å². The van der Waals surface area contributed by atoms with Crippen molar-refractivity contribution in [1.82, 2.24) is 16.0 Å². The van der Waals surface area contributed by atoms with E-state index in [1.54, 1.807) is 38.1 Å². The molecule has 9 nitrogen and oxygen atoms in total. The Morgan fingerprint density at radius 2 is 1.59 bits per heavy atom. The molecule has 2 amide bonds. The van der Waals surface area contributed by atoms with Gasteiger partial charge in [0.25, 0.3) is 0 Å². The number of amides is 2. The van der Waals surface area contributed by atoms with Gasteiger partial charge in [0.1, 0.15) is 6.04 Å². The normalized spacial score (nSPS) is 14.1. The fourth-order valence-corrected chi connectivity index (χ4v) is 3.29. The molecule has 0 saturated carbocycles. The molecular weight excluding hydrogens is 438 g/mol. The summed E-state index contributed by atoms with van der Waals surface area (Å²) in [7, 11) is 1.28. The number of benzene rings is 1. The number of carboxylic acid groups (broad SMARTS) is 1. The van der Waals surface area contributed by atoms with Gasteiger partial charge >= 0.3 is 11.9 Å². The largest absolute Gasteiger partial charge is 0.481 e. The molecule has 0 radical (unpaired) electrons. The molecule has 0 bridgehead atoms. The zero-order chi connectivity index (χ0) is 25.9. The number of nitrogens with one attached hydrogen (secondary N) is 3. The van der Waals surface area contributed by atoms with Crippen LogP contribution in [0.1, 0.15) is 65.5 Å². The van der Waals surface area contributed by atoms with Crippen LogP contribution < -0.4 is 16.0 Å². The summed E-state index contributed by atoms with van der Waals surface area (Å²) in [6.45, 7) is 10.2. The number of rotatable bonds is 13. The summed E-state index contributed by atoms with van der Waals surface area (Å²) >= 11 is 0. The average Bonchev–Trinajstić information content (AvgIpc) is 2.75. The lowest BCUT2D eigenvalue weighted by atomic mass is 9.92. The molecule has 0 aliphatic heterocycles. The van der Waals surface area contributed by atoms with Crippen molar-refractivity contribution >= 4 is 23.8 Å². The number of carbonyl (C=O) groups excluding carboxylic acids is 3. The molecule has 0 aromatic heterocycles. The van der Waals surface area contributed by atoms with Gasteiger partial charge in [-0.05, 0) is 29.9 Å². The van der Waals surface area contributed by atoms with Crippen molar-refractivity contribution in [3.05, 3.63) is 35.9 Å². The average molecular weight is 478 g/mol. The molecule has 1 unspecified atom stereocenters. The predicted octanol–water partition coefficient (Wildman–Crippen LogP) is 2.42. The topological polar surface area (TPSA) is 134 Å². The van der Waals surface area contributed by atoms with E-state index in [9.17, 15) is 24.3 Å². The van der Waals surface area contributed by atoms with Crippen LogP contribution in [0.15, 0.2) is 30.3 Å². The van der Waals surface area contributed by atoms with Crippen LogP contribution in [0.3, 0.4) is 0 Å². The Bertz CT molecular complexity index is 820. The van der Waals surface area contributed by atoms with Gasteiger partial charge in [0.2, 0.25) is 11.8 Å². The first kappa shape index (κ1) is 29.1. The van der Waals surface area contributed by atoms with Gasteiger partial charge in [-0.15, -0.1) is 0 Å². The van der Waals surface area contributed by atoms with Gasteiger partial charge in [-0.1, -0.05) is 65.0 Å². The number of hydrogen-bond acceptors (Lipinski definition) is 6. The number of carbonyl (C=O) groups is 4. The van der Waals surface area contributed by atoms with Crippen molar-refractivity contribution in [2.24, 2.45) is 11.3 Å². The van der Waals surface area contributed by atoms with Crippen molar-refractivity contribution in [3.8, 4) is 0 Å². The van der Waals surface area contributed by atoms with E-state index in [0.29, 0.717) is 6.54 Å². The van der Waals surface area contributed by atoms with Crippen LogP contribution in [-0.4, -0.2) is 54.6 Å². The van der Waals surface area contributed by atoms with Crippen LogP contribution in [0, 0.1) is 11.3 Å². The number of aliphatic carboxylic acids is 1. The van der Waals surface area contributed by atoms with Gasteiger partial charge in [0.05, 0.1) is 32.0 Å². The fraction of sp³-hybridized carbons (Fsp3) is 0.600. The summed E-state index contributed by atoms with van der Waals surface area (Å²) < 4.78 is 4.76. The molecule has 3 atom stereocenters. The second-order valence-electron chi connectivity index (χ2n) is 9.90. The maximum Gasteiger partial charge on any atom is 0.307 e. The molecule has 0 spiro atoms. The summed E-state index contributed by atoms with van der Waals surface area (Å²) in [4.78, 5) is 49.3. The number of esters is 1. The van der Waals surface area contributed by atoms with E-state index in [0.717, 1.165) is 12.0 Å². The Kier molecular flexibility index (Phi) is 11.7. The van der Waals surface area contributed by atoms with Crippen molar-refractivity contribution in [2.45, 2.75) is 72.0 Å². The zero-order valence-electron chi connectivity index (χ0n) is 21.0. The number of ether oxygens (including phenoxy) is 1. The summed E-state index contributed by atoms with van der Waals surface area (Å²) in [6, 6.07) is 6.47. The lowest BCUT2D eigenvalue weighted by Crippen LogP contribution is -2.55. The van der Waals surface area contributed by atoms with E-state index in [4.69, 9.17) is 4.74 Å². The Labute approximate surface area is 202 Å². The van der Waals surface area contributed by atoms with Crippen LogP contribution in [0.5, 0.6) is 0 Å². The third kappa shape index (κ3) is 10.8. The summed E-state index contributed by atoms with van der Waals surface area (Å²) in [6.07, 6.45) is 0.273. The van der Waals surface area contributed by atoms with Gasteiger partial charge in [-0.25, -0.2) is 0 Å². The quantitative estimate of drug-likeness (QED) is 0.321. The minimum Gasteiger partial charge on any atom is -0.481 e. The SMILES string of the molecule is COC(=O)CC(NC(=O)[C@H](NC(=O)[C@H](CC(=O)O)NCCC(C)(C)C)C(C)C)c1ccccc1. The van der Waals surface area contributed by atoms with E-state index >= 15 is 0 Å². The molecule has 190 valence electrons.